The molecule has 1 aliphatic carbocycles. The zero-order chi connectivity index (χ0) is 21.8. The third-order valence-corrected chi connectivity index (χ3v) is 7.75. The van der Waals surface area contributed by atoms with Crippen molar-refractivity contribution in [2.24, 2.45) is 28.7 Å². The molecule has 8 atom stereocenters. The summed E-state index contributed by atoms with van der Waals surface area (Å²) in [5.41, 5.74) is 1.23. The number of hydrogen-bond donors (Lipinski definition) is 0. The van der Waals surface area contributed by atoms with Gasteiger partial charge in [0.25, 0.3) is 6.47 Å². The third-order valence-electron chi connectivity index (χ3n) is 7.75. The average Bonchev–Trinajstić information content (AvgIpc) is 2.97. The Labute approximate surface area is 183 Å². The summed E-state index contributed by atoms with van der Waals surface area (Å²) < 4.78 is 18.1. The van der Waals surface area contributed by atoms with Crippen LogP contribution in [0.4, 0.5) is 0 Å². The van der Waals surface area contributed by atoms with Gasteiger partial charge < -0.3 is 14.2 Å². The summed E-state index contributed by atoms with van der Waals surface area (Å²) in [5, 5.41) is 0. The first-order chi connectivity index (χ1) is 14.9. The maximum Gasteiger partial charge on any atom is 0.295 e. The van der Waals surface area contributed by atoms with Crippen molar-refractivity contribution in [2.45, 2.75) is 77.3 Å². The maximum atomic E-state index is 11.2. The van der Waals surface area contributed by atoms with Crippen molar-refractivity contribution in [3.05, 3.63) is 35.4 Å². The lowest BCUT2D eigenvalue weighted by molar-refractivity contribution is -0.557. The molecule has 7 nitrogen and oxygen atoms in total. The molecule has 0 amide bonds. The van der Waals surface area contributed by atoms with Crippen molar-refractivity contribution < 1.29 is 28.8 Å². The topological polar surface area (TPSA) is 75.6 Å². The summed E-state index contributed by atoms with van der Waals surface area (Å²) in [6.45, 7) is 8.73. The van der Waals surface area contributed by atoms with Crippen molar-refractivity contribution in [3.8, 4) is 0 Å². The molecule has 7 heteroatoms. The lowest BCUT2D eigenvalue weighted by Crippen LogP contribution is -2.69. The molecule has 31 heavy (non-hydrogen) atoms. The first-order valence-corrected chi connectivity index (χ1v) is 11.3. The monoisotopic (exact) mass is 429 g/mol. The number of ether oxygens (including phenoxy) is 3. The highest BCUT2D eigenvalue weighted by atomic mass is 17.3. The van der Waals surface area contributed by atoms with Gasteiger partial charge in [0, 0.05) is 29.7 Å². The van der Waals surface area contributed by atoms with E-state index in [1.165, 1.54) is 0 Å². The molecule has 1 saturated carbocycles. The molecule has 4 unspecified atom stereocenters. The summed E-state index contributed by atoms with van der Waals surface area (Å²) in [7, 11) is 0. The minimum absolute atomic E-state index is 0.0246. The number of nitrogens with zero attached hydrogens (tertiary/aromatic N) is 1. The summed E-state index contributed by atoms with van der Waals surface area (Å²) in [4.78, 5) is 28.0. The van der Waals surface area contributed by atoms with Crippen LogP contribution in [0.5, 0.6) is 0 Å². The van der Waals surface area contributed by atoms with Gasteiger partial charge in [-0.25, -0.2) is 14.8 Å². The molecule has 1 spiro atoms. The molecule has 2 bridgehead atoms. The lowest BCUT2D eigenvalue weighted by Gasteiger charge is -2.58. The molecule has 0 N–H and O–H groups in total. The van der Waals surface area contributed by atoms with Gasteiger partial charge in [-0.15, -0.1) is 0 Å². The van der Waals surface area contributed by atoms with Crippen LogP contribution in [0.15, 0.2) is 29.3 Å². The molecule has 0 radical (unpaired) electrons. The quantitative estimate of drug-likeness (QED) is 0.520. The van der Waals surface area contributed by atoms with Crippen molar-refractivity contribution in [1.82, 2.24) is 0 Å². The number of carbonyl (C=O) groups is 1. The average molecular weight is 430 g/mol. The highest BCUT2D eigenvalue weighted by Crippen LogP contribution is 2.60. The maximum absolute atomic E-state index is 11.2. The van der Waals surface area contributed by atoms with Gasteiger partial charge in [0.15, 0.2) is 11.5 Å². The van der Waals surface area contributed by atoms with Crippen molar-refractivity contribution in [2.75, 3.05) is 0 Å². The van der Waals surface area contributed by atoms with Gasteiger partial charge in [-0.2, -0.15) is 0 Å². The van der Waals surface area contributed by atoms with E-state index >= 15 is 0 Å². The van der Waals surface area contributed by atoms with Crippen LogP contribution in [0.1, 0.15) is 63.8 Å². The van der Waals surface area contributed by atoms with E-state index in [-0.39, 0.29) is 11.8 Å². The highest BCUT2D eigenvalue weighted by molar-refractivity contribution is 5.80. The number of carbonyl (C=O) groups excluding carboxylic acids is 1. The van der Waals surface area contributed by atoms with Gasteiger partial charge in [0.05, 0.1) is 0 Å². The Morgan fingerprint density at radius 2 is 2.03 bits per heavy atom. The summed E-state index contributed by atoms with van der Waals surface area (Å²) >= 11 is 0. The zero-order valence-corrected chi connectivity index (χ0v) is 18.6. The number of benzene rings is 1. The molecular formula is C24H31NO6. The van der Waals surface area contributed by atoms with Crippen molar-refractivity contribution >= 4 is 12.4 Å². The SMILES string of the molecule is Cc1cccc(C(/N=C2\O[C@H]3O[C@@]4(C)CCC5[C@@H](C)CCC([C@@H]2C)C53OO4)OC=O)c1. The predicted octanol–water partition coefficient (Wildman–Crippen LogP) is 4.45. The van der Waals surface area contributed by atoms with Crippen LogP contribution < -0.4 is 0 Å². The van der Waals surface area contributed by atoms with E-state index in [1.54, 1.807) is 0 Å². The van der Waals surface area contributed by atoms with Gasteiger partial charge in [-0.05, 0) is 39.0 Å². The van der Waals surface area contributed by atoms with Crippen LogP contribution in [0, 0.1) is 30.6 Å². The van der Waals surface area contributed by atoms with Crippen LogP contribution in [-0.4, -0.2) is 30.0 Å². The Morgan fingerprint density at radius 1 is 1.19 bits per heavy atom. The van der Waals surface area contributed by atoms with E-state index in [4.69, 9.17) is 29.0 Å². The molecule has 6 rings (SSSR count). The Bertz CT molecular complexity index is 889. The molecule has 168 valence electrons. The molecule has 4 saturated heterocycles. The predicted molar refractivity (Wildman–Crippen MR) is 112 cm³/mol. The first-order valence-electron chi connectivity index (χ1n) is 11.3. The Balaban J connectivity index is 1.54. The van der Waals surface area contributed by atoms with E-state index in [0.717, 1.165) is 36.8 Å². The lowest BCUT2D eigenvalue weighted by atomic mass is 9.58. The Kier molecular flexibility index (Phi) is 5.11. The van der Waals surface area contributed by atoms with Crippen LogP contribution in [0.25, 0.3) is 0 Å². The van der Waals surface area contributed by atoms with Gasteiger partial charge in [-0.1, -0.05) is 43.7 Å². The number of rotatable bonds is 4. The number of fused-ring (bicyclic) bond motifs is 2. The van der Waals surface area contributed by atoms with Gasteiger partial charge in [-0.3, -0.25) is 4.79 Å². The summed E-state index contributed by atoms with van der Waals surface area (Å²) in [6.07, 6.45) is 2.47. The van der Waals surface area contributed by atoms with E-state index in [1.807, 2.05) is 38.1 Å². The van der Waals surface area contributed by atoms with Gasteiger partial charge in [0.2, 0.25) is 18.3 Å². The second-order valence-electron chi connectivity index (χ2n) is 9.78. The van der Waals surface area contributed by atoms with Crippen LogP contribution >= 0.6 is 0 Å². The second kappa shape index (κ2) is 7.57. The van der Waals surface area contributed by atoms with Crippen LogP contribution in [0.2, 0.25) is 0 Å². The minimum atomic E-state index is -0.835. The molecule has 5 fully saturated rings. The second-order valence-corrected chi connectivity index (χ2v) is 9.78. The fourth-order valence-electron chi connectivity index (χ4n) is 6.10. The first kappa shape index (κ1) is 20.9. The van der Waals surface area contributed by atoms with E-state index < -0.39 is 23.9 Å². The minimum Gasteiger partial charge on any atom is -0.448 e. The number of hydrogen-bond acceptors (Lipinski definition) is 7. The van der Waals surface area contributed by atoms with E-state index in [9.17, 15) is 4.79 Å². The van der Waals surface area contributed by atoms with Gasteiger partial charge >= 0.3 is 0 Å². The third kappa shape index (κ3) is 3.29. The Hall–Kier alpha value is -1.96. The fourth-order valence-corrected chi connectivity index (χ4v) is 6.10. The van der Waals surface area contributed by atoms with Crippen molar-refractivity contribution in [1.29, 1.82) is 0 Å². The van der Waals surface area contributed by atoms with Crippen molar-refractivity contribution in [3.63, 3.8) is 0 Å². The highest BCUT2D eigenvalue weighted by Gasteiger charge is 2.69. The van der Waals surface area contributed by atoms with Crippen LogP contribution in [0.3, 0.4) is 0 Å². The smallest absolute Gasteiger partial charge is 0.295 e. The number of aliphatic imine (C=N–C) groups is 1. The van der Waals surface area contributed by atoms with Crippen LogP contribution in [-0.2, 0) is 28.8 Å². The zero-order valence-electron chi connectivity index (χ0n) is 18.6. The standard InChI is InChI=1S/C24H31NO6/c1-14-6-5-7-17(12-14)21(27-13-26)25-20-16(3)19-9-8-15(2)18-10-11-23(4)29-22(28-20)24(18,19)31-30-23/h5-7,12-13,15-16,18-19,21-22H,8-11H2,1-4H3/b25-20-/t15-,16-,18?,19?,21?,22-,23+,24?/m0/s1. The molecule has 1 aromatic rings. The summed E-state index contributed by atoms with van der Waals surface area (Å²) in [5.74, 6) is 0.620. The Morgan fingerprint density at radius 3 is 2.81 bits per heavy atom. The van der Waals surface area contributed by atoms with E-state index in [2.05, 4.69) is 13.8 Å². The largest absolute Gasteiger partial charge is 0.448 e. The van der Waals surface area contributed by atoms with E-state index in [0.29, 0.717) is 24.2 Å². The summed E-state index contributed by atoms with van der Waals surface area (Å²) in [6, 6.07) is 7.79. The molecule has 4 aliphatic heterocycles. The molecule has 0 aromatic heterocycles. The normalized spacial score (nSPS) is 43.5. The molecule has 5 aliphatic rings. The van der Waals surface area contributed by atoms with Gasteiger partial charge in [0.1, 0.15) is 0 Å². The molecule has 1 aromatic carbocycles. The number of aryl methyl sites for hydroxylation is 1. The molecule has 4 heterocycles. The molecular weight excluding hydrogens is 398 g/mol. The fraction of sp³-hybridized carbons (Fsp3) is 0.667.